The second-order valence-electron chi connectivity index (χ2n) is 5.14. The molecule has 0 amide bonds. The Hall–Kier alpha value is -1.46. The molecule has 2 aromatic heterocycles. The molecule has 4 aromatic rings. The summed E-state index contributed by atoms with van der Waals surface area (Å²) in [5, 5.41) is 25.2. The van der Waals surface area contributed by atoms with Gasteiger partial charge in [-0.2, -0.15) is 0 Å². The molecule has 0 atom stereocenters. The van der Waals surface area contributed by atoms with Gasteiger partial charge in [-0.25, -0.2) is 0 Å². The van der Waals surface area contributed by atoms with E-state index in [0.717, 1.165) is 0 Å². The summed E-state index contributed by atoms with van der Waals surface area (Å²) >= 11 is 23.1. The van der Waals surface area contributed by atoms with Crippen LogP contribution in [0, 0.1) is 0 Å². The van der Waals surface area contributed by atoms with Crippen molar-refractivity contribution in [2.45, 2.75) is 0 Å². The van der Waals surface area contributed by atoms with Crippen LogP contribution in [-0.4, -0.2) is 9.97 Å². The zero-order valence-corrected chi connectivity index (χ0v) is 17.1. The average molecular weight is 490 g/mol. The second kappa shape index (κ2) is 9.15. The third-order valence-electron chi connectivity index (χ3n) is 3.50. The molecule has 141 valence electrons. The van der Waals surface area contributed by atoms with Crippen LogP contribution in [0.5, 0.6) is 11.5 Å². The van der Waals surface area contributed by atoms with Crippen LogP contribution in [0.3, 0.4) is 0 Å². The third kappa shape index (κ3) is 4.52. The van der Waals surface area contributed by atoms with E-state index in [1.54, 1.807) is 24.3 Å². The Bertz CT molecular complexity index is 1040. The molecular formula is C18H8Cl4CuN2O2. The van der Waals surface area contributed by atoms with Crippen molar-refractivity contribution in [1.29, 1.82) is 0 Å². The summed E-state index contributed by atoms with van der Waals surface area (Å²) in [5.41, 5.74) is 0.639. The molecule has 1 radical (unpaired) electrons. The van der Waals surface area contributed by atoms with Gasteiger partial charge in [0, 0.05) is 33.2 Å². The molecule has 0 aliphatic rings. The van der Waals surface area contributed by atoms with E-state index in [1.165, 1.54) is 24.5 Å². The number of rotatable bonds is 0. The van der Waals surface area contributed by atoms with Gasteiger partial charge in [0.15, 0.2) is 0 Å². The number of halogens is 4. The minimum atomic E-state index is -0.276. The largest absolute Gasteiger partial charge is 2.00 e. The summed E-state index contributed by atoms with van der Waals surface area (Å²) in [4.78, 5) is 7.84. The standard InChI is InChI=1S/2C9H5Cl2NO.Cu/c2*10-6-4-7(11)9(13)8-5(6)2-1-3-12-8;/h2*1-4,13H;/q;;+2/p-2. The number of aromatic nitrogens is 2. The Morgan fingerprint density at radius 2 is 1.00 bits per heavy atom. The van der Waals surface area contributed by atoms with E-state index < -0.39 is 0 Å². The van der Waals surface area contributed by atoms with Crippen LogP contribution in [0.4, 0.5) is 0 Å². The molecule has 0 bridgehead atoms. The Kier molecular flexibility index (Phi) is 7.40. The van der Waals surface area contributed by atoms with Crippen LogP contribution in [0.15, 0.2) is 48.8 Å². The predicted octanol–water partition coefficient (Wildman–Crippen LogP) is 5.23. The SMILES string of the molecule is [Cu+2].[O-]c1c(Cl)cc(Cl)c2cccnc12.[O-]c1c(Cl)cc(Cl)c2cccnc12. The molecule has 0 aliphatic carbocycles. The molecule has 0 N–H and O–H groups in total. The molecule has 0 unspecified atom stereocenters. The fourth-order valence-corrected chi connectivity index (χ4v) is 3.33. The van der Waals surface area contributed by atoms with Crippen molar-refractivity contribution in [2.24, 2.45) is 0 Å². The smallest absolute Gasteiger partial charge is 0.870 e. The van der Waals surface area contributed by atoms with Crippen LogP contribution < -0.4 is 10.2 Å². The number of nitrogens with zero attached hydrogens (tertiary/aromatic N) is 2. The van der Waals surface area contributed by atoms with E-state index in [0.29, 0.717) is 31.9 Å². The summed E-state index contributed by atoms with van der Waals surface area (Å²) in [6.07, 6.45) is 3.08. The predicted molar refractivity (Wildman–Crippen MR) is 102 cm³/mol. The first-order valence-corrected chi connectivity index (χ1v) is 8.71. The molecule has 0 aliphatic heterocycles. The first-order valence-electron chi connectivity index (χ1n) is 7.19. The first kappa shape index (κ1) is 21.8. The summed E-state index contributed by atoms with van der Waals surface area (Å²) in [6, 6.07) is 9.80. The van der Waals surface area contributed by atoms with Crippen molar-refractivity contribution in [3.63, 3.8) is 0 Å². The van der Waals surface area contributed by atoms with Crippen molar-refractivity contribution < 1.29 is 27.3 Å². The van der Waals surface area contributed by atoms with Crippen molar-refractivity contribution in [2.75, 3.05) is 0 Å². The fraction of sp³-hybridized carbons (Fsp3) is 0. The van der Waals surface area contributed by atoms with Crippen LogP contribution >= 0.6 is 46.4 Å². The molecule has 27 heavy (non-hydrogen) atoms. The average Bonchev–Trinajstić information content (AvgIpc) is 2.65. The van der Waals surface area contributed by atoms with Gasteiger partial charge in [0.05, 0.1) is 21.1 Å². The maximum atomic E-state index is 11.4. The van der Waals surface area contributed by atoms with Gasteiger partial charge in [-0.1, -0.05) is 57.9 Å². The summed E-state index contributed by atoms with van der Waals surface area (Å²) in [6.45, 7) is 0. The quantitative estimate of drug-likeness (QED) is 0.317. The van der Waals surface area contributed by atoms with Gasteiger partial charge in [-0.05, 0) is 36.4 Å². The number of fused-ring (bicyclic) bond motifs is 2. The molecule has 0 spiro atoms. The molecule has 0 saturated heterocycles. The molecule has 4 nitrogen and oxygen atoms in total. The molecule has 2 aromatic carbocycles. The maximum absolute atomic E-state index is 11.4. The van der Waals surface area contributed by atoms with Gasteiger partial charge in [0.1, 0.15) is 0 Å². The molecule has 0 fully saturated rings. The molecule has 4 rings (SSSR count). The van der Waals surface area contributed by atoms with Crippen LogP contribution in [0.2, 0.25) is 20.1 Å². The van der Waals surface area contributed by atoms with E-state index in [9.17, 15) is 10.2 Å². The van der Waals surface area contributed by atoms with E-state index in [4.69, 9.17) is 46.4 Å². The van der Waals surface area contributed by atoms with E-state index >= 15 is 0 Å². The Balaban J connectivity index is 0.000000187. The van der Waals surface area contributed by atoms with Crippen molar-refractivity contribution in [1.82, 2.24) is 9.97 Å². The first-order chi connectivity index (χ1) is 12.4. The van der Waals surface area contributed by atoms with Gasteiger partial charge < -0.3 is 10.2 Å². The third-order valence-corrected chi connectivity index (χ3v) is 4.69. The van der Waals surface area contributed by atoms with Crippen LogP contribution in [0.1, 0.15) is 0 Å². The topological polar surface area (TPSA) is 71.9 Å². The van der Waals surface area contributed by atoms with Gasteiger partial charge in [0.25, 0.3) is 0 Å². The number of benzene rings is 2. The van der Waals surface area contributed by atoms with Crippen molar-refractivity contribution in [3.05, 3.63) is 68.9 Å². The van der Waals surface area contributed by atoms with Crippen LogP contribution in [0.25, 0.3) is 21.8 Å². The molecule has 9 heteroatoms. The Labute approximate surface area is 185 Å². The van der Waals surface area contributed by atoms with Crippen molar-refractivity contribution in [3.8, 4) is 11.5 Å². The minimum absolute atomic E-state index is 0. The maximum Gasteiger partial charge on any atom is 2.00 e. The van der Waals surface area contributed by atoms with Gasteiger partial charge >= 0.3 is 17.1 Å². The molecule has 0 saturated carbocycles. The number of pyridine rings is 2. The summed E-state index contributed by atoms with van der Waals surface area (Å²) in [5.74, 6) is -0.552. The number of hydrogen-bond acceptors (Lipinski definition) is 4. The summed E-state index contributed by atoms with van der Waals surface area (Å²) < 4.78 is 0. The normalized spacial score (nSPS) is 10.2. The van der Waals surface area contributed by atoms with E-state index in [1.807, 2.05) is 0 Å². The van der Waals surface area contributed by atoms with Gasteiger partial charge in [-0.15, -0.1) is 0 Å². The van der Waals surface area contributed by atoms with Crippen molar-refractivity contribution >= 4 is 68.2 Å². The Morgan fingerprint density at radius 1 is 0.630 bits per heavy atom. The minimum Gasteiger partial charge on any atom is -0.870 e. The molecular weight excluding hydrogens is 482 g/mol. The second-order valence-corrected chi connectivity index (χ2v) is 6.77. The monoisotopic (exact) mass is 487 g/mol. The van der Waals surface area contributed by atoms with E-state index in [2.05, 4.69) is 9.97 Å². The zero-order valence-electron chi connectivity index (χ0n) is 13.1. The summed E-state index contributed by atoms with van der Waals surface area (Å²) in [7, 11) is 0. The molecule has 2 heterocycles. The zero-order chi connectivity index (χ0) is 18.8. The van der Waals surface area contributed by atoms with E-state index in [-0.39, 0.29) is 38.6 Å². The van der Waals surface area contributed by atoms with Gasteiger partial charge in [0.2, 0.25) is 0 Å². The fourth-order valence-electron chi connectivity index (χ4n) is 2.29. The number of hydrogen-bond donors (Lipinski definition) is 0. The van der Waals surface area contributed by atoms with Gasteiger partial charge in [-0.3, -0.25) is 9.97 Å². The Morgan fingerprint density at radius 3 is 1.37 bits per heavy atom. The van der Waals surface area contributed by atoms with Crippen LogP contribution in [-0.2, 0) is 17.1 Å².